The van der Waals surface area contributed by atoms with Crippen LogP contribution >= 0.6 is 11.3 Å². The molecule has 4 aromatic rings. The molecule has 0 aliphatic carbocycles. The van der Waals surface area contributed by atoms with Gasteiger partial charge in [-0.05, 0) is 60.9 Å². The third kappa shape index (κ3) is 2.79. The molecule has 0 unspecified atom stereocenters. The highest BCUT2D eigenvalue weighted by atomic mass is 32.1. The Kier molecular flexibility index (Phi) is 3.96. The molecule has 1 aliphatic rings. The summed E-state index contributed by atoms with van der Waals surface area (Å²) in [7, 11) is -0.314. The number of hydrogen-bond donors (Lipinski definition) is 0. The van der Waals surface area contributed by atoms with Gasteiger partial charge in [0.1, 0.15) is 0 Å². The van der Waals surface area contributed by atoms with Crippen molar-refractivity contribution in [3.63, 3.8) is 0 Å². The van der Waals surface area contributed by atoms with E-state index in [1.54, 1.807) is 0 Å². The van der Waals surface area contributed by atoms with E-state index >= 15 is 0 Å². The largest absolute Gasteiger partial charge is 0.494 e. The van der Waals surface area contributed by atoms with Crippen LogP contribution in [0.1, 0.15) is 27.7 Å². The lowest BCUT2D eigenvalue weighted by Gasteiger charge is -2.32. The Bertz CT molecular complexity index is 1160. The van der Waals surface area contributed by atoms with Gasteiger partial charge >= 0.3 is 7.12 Å². The normalized spacial score (nSPS) is 18.2. The Hall–Kier alpha value is -2.14. The van der Waals surface area contributed by atoms with Crippen LogP contribution in [0, 0.1) is 0 Å². The van der Waals surface area contributed by atoms with E-state index in [0.29, 0.717) is 0 Å². The van der Waals surface area contributed by atoms with Crippen molar-refractivity contribution in [3.05, 3.63) is 66.7 Å². The average Bonchev–Trinajstić information content (AvgIpc) is 3.20. The van der Waals surface area contributed by atoms with Crippen LogP contribution in [0.2, 0.25) is 0 Å². The first kappa shape index (κ1) is 17.9. The monoisotopic (exact) mass is 386 g/mol. The number of fused-ring (bicyclic) bond motifs is 3. The van der Waals surface area contributed by atoms with Gasteiger partial charge in [-0.2, -0.15) is 0 Å². The molecule has 0 radical (unpaired) electrons. The predicted octanol–water partition coefficient (Wildman–Crippen LogP) is 6.02. The smallest absolute Gasteiger partial charge is 0.399 e. The molecule has 0 bridgehead atoms. The molecular weight excluding hydrogens is 363 g/mol. The van der Waals surface area contributed by atoms with E-state index in [1.807, 2.05) is 11.3 Å². The molecule has 0 amide bonds. The minimum Gasteiger partial charge on any atom is -0.399 e. The third-order valence-corrected chi connectivity index (χ3v) is 7.36. The van der Waals surface area contributed by atoms with Crippen LogP contribution < -0.4 is 5.46 Å². The first-order valence-corrected chi connectivity index (χ1v) is 10.5. The van der Waals surface area contributed by atoms with E-state index in [9.17, 15) is 0 Å². The zero-order chi connectivity index (χ0) is 19.5. The SMILES string of the molecule is CC1(C)OB(c2ccc(-c3cc4ccc5ccccc5c4s3)cc2)OC1(C)C. The summed E-state index contributed by atoms with van der Waals surface area (Å²) in [5.74, 6) is 0. The van der Waals surface area contributed by atoms with Gasteiger partial charge in [-0.1, -0.05) is 60.7 Å². The number of rotatable bonds is 2. The van der Waals surface area contributed by atoms with Gasteiger partial charge in [0.25, 0.3) is 0 Å². The third-order valence-electron chi connectivity index (χ3n) is 6.13. The molecule has 0 atom stereocenters. The second-order valence-corrected chi connectivity index (χ2v) is 9.58. The second kappa shape index (κ2) is 6.18. The van der Waals surface area contributed by atoms with Gasteiger partial charge in [0.05, 0.1) is 11.2 Å². The first-order valence-electron chi connectivity index (χ1n) is 9.71. The lowest BCUT2D eigenvalue weighted by Crippen LogP contribution is -2.41. The van der Waals surface area contributed by atoms with E-state index in [0.717, 1.165) is 5.46 Å². The fourth-order valence-electron chi connectivity index (χ4n) is 3.69. The molecule has 28 heavy (non-hydrogen) atoms. The van der Waals surface area contributed by atoms with Crippen molar-refractivity contribution in [3.8, 4) is 10.4 Å². The van der Waals surface area contributed by atoms with E-state index in [-0.39, 0.29) is 18.3 Å². The molecule has 1 saturated heterocycles. The molecule has 2 heterocycles. The molecule has 1 fully saturated rings. The molecule has 140 valence electrons. The molecular formula is C24H23BO2S. The first-order chi connectivity index (χ1) is 13.3. The number of hydrogen-bond acceptors (Lipinski definition) is 3. The summed E-state index contributed by atoms with van der Waals surface area (Å²) in [5, 5.41) is 3.92. The molecule has 0 spiro atoms. The minimum absolute atomic E-state index is 0.314. The highest BCUT2D eigenvalue weighted by Gasteiger charge is 2.51. The van der Waals surface area contributed by atoms with E-state index < -0.39 is 0 Å². The van der Waals surface area contributed by atoms with E-state index in [2.05, 4.69) is 94.4 Å². The van der Waals surface area contributed by atoms with Crippen LogP contribution in [-0.2, 0) is 9.31 Å². The fraction of sp³-hybridized carbons (Fsp3) is 0.250. The lowest BCUT2D eigenvalue weighted by atomic mass is 9.79. The summed E-state index contributed by atoms with van der Waals surface area (Å²) in [5.41, 5.74) is 1.66. The van der Waals surface area contributed by atoms with E-state index in [1.165, 1.54) is 31.3 Å². The van der Waals surface area contributed by atoms with Crippen molar-refractivity contribution >= 4 is 44.8 Å². The van der Waals surface area contributed by atoms with Gasteiger partial charge in [-0.25, -0.2) is 0 Å². The predicted molar refractivity (Wildman–Crippen MR) is 120 cm³/mol. The van der Waals surface area contributed by atoms with Crippen LogP contribution in [-0.4, -0.2) is 18.3 Å². The second-order valence-electron chi connectivity index (χ2n) is 8.53. The van der Waals surface area contributed by atoms with Gasteiger partial charge in [-0.3, -0.25) is 0 Å². The lowest BCUT2D eigenvalue weighted by molar-refractivity contribution is 0.00578. The molecule has 3 aromatic carbocycles. The highest BCUT2D eigenvalue weighted by Crippen LogP contribution is 2.38. The minimum atomic E-state index is -0.317. The fourth-order valence-corrected chi connectivity index (χ4v) is 4.89. The van der Waals surface area contributed by atoms with E-state index in [4.69, 9.17) is 9.31 Å². The molecule has 1 aromatic heterocycles. The van der Waals surface area contributed by atoms with Gasteiger partial charge in [0.2, 0.25) is 0 Å². The molecule has 1 aliphatic heterocycles. The Morgan fingerprint density at radius 2 is 1.39 bits per heavy atom. The Balaban J connectivity index is 1.49. The molecule has 0 saturated carbocycles. The molecule has 5 rings (SSSR count). The van der Waals surface area contributed by atoms with Crippen molar-refractivity contribution in [2.24, 2.45) is 0 Å². The van der Waals surface area contributed by atoms with Crippen molar-refractivity contribution < 1.29 is 9.31 Å². The molecule has 0 N–H and O–H groups in total. The zero-order valence-electron chi connectivity index (χ0n) is 16.7. The summed E-state index contributed by atoms with van der Waals surface area (Å²) in [4.78, 5) is 1.28. The topological polar surface area (TPSA) is 18.5 Å². The van der Waals surface area contributed by atoms with Crippen LogP contribution in [0.3, 0.4) is 0 Å². The Morgan fingerprint density at radius 1 is 0.750 bits per heavy atom. The quantitative estimate of drug-likeness (QED) is 0.392. The maximum Gasteiger partial charge on any atom is 0.494 e. The van der Waals surface area contributed by atoms with Crippen LogP contribution in [0.4, 0.5) is 0 Å². The summed E-state index contributed by atoms with van der Waals surface area (Å²) >= 11 is 1.85. The van der Waals surface area contributed by atoms with Gasteiger partial charge in [0.15, 0.2) is 0 Å². The van der Waals surface area contributed by atoms with Crippen LogP contribution in [0.5, 0.6) is 0 Å². The highest BCUT2D eigenvalue weighted by molar-refractivity contribution is 7.23. The summed E-state index contributed by atoms with van der Waals surface area (Å²) in [6.45, 7) is 8.34. The van der Waals surface area contributed by atoms with Crippen LogP contribution in [0.15, 0.2) is 66.7 Å². The number of thiophene rings is 1. The van der Waals surface area contributed by atoms with Gasteiger partial charge in [0, 0.05) is 9.58 Å². The Labute approximate surface area is 170 Å². The summed E-state index contributed by atoms with van der Waals surface area (Å²) in [6.07, 6.45) is 0. The standard InChI is InChI=1S/C24H23BO2S/c1-23(2)24(3,4)27-25(26-23)19-13-11-17(12-14-19)21-15-18-10-9-16-7-5-6-8-20(16)22(18)28-21/h5-15H,1-4H3. The average molecular weight is 386 g/mol. The van der Waals surface area contributed by atoms with Crippen LogP contribution in [0.25, 0.3) is 31.3 Å². The number of benzene rings is 3. The Morgan fingerprint density at radius 3 is 2.11 bits per heavy atom. The van der Waals surface area contributed by atoms with Crippen molar-refractivity contribution in [2.75, 3.05) is 0 Å². The zero-order valence-corrected chi connectivity index (χ0v) is 17.5. The summed E-state index contributed by atoms with van der Waals surface area (Å²) < 4.78 is 13.7. The maximum absolute atomic E-state index is 6.17. The maximum atomic E-state index is 6.17. The van der Waals surface area contributed by atoms with Gasteiger partial charge in [-0.15, -0.1) is 11.3 Å². The van der Waals surface area contributed by atoms with Gasteiger partial charge < -0.3 is 9.31 Å². The summed E-state index contributed by atoms with van der Waals surface area (Å²) in [6, 6.07) is 23.9. The molecule has 2 nitrogen and oxygen atoms in total. The van der Waals surface area contributed by atoms with Crippen molar-refractivity contribution in [1.29, 1.82) is 0 Å². The molecule has 4 heteroatoms. The van der Waals surface area contributed by atoms with Crippen molar-refractivity contribution in [2.45, 2.75) is 38.9 Å². The van der Waals surface area contributed by atoms with Crippen molar-refractivity contribution in [1.82, 2.24) is 0 Å².